The lowest BCUT2D eigenvalue weighted by molar-refractivity contribution is -0.116. The molecular formula is C5H9NO2. The van der Waals surface area contributed by atoms with Crippen LogP contribution in [0, 0.1) is 5.41 Å². The van der Waals surface area contributed by atoms with Crippen LogP contribution in [0.1, 0.15) is 6.92 Å². The van der Waals surface area contributed by atoms with E-state index in [0.717, 1.165) is 6.21 Å². The van der Waals surface area contributed by atoms with E-state index in [1.54, 1.807) is 6.92 Å². The molecule has 8 heavy (non-hydrogen) atoms. The number of Topliss-reactive ketones (excluding diaryl/α,β-unsaturated/α-hetero) is 1. The summed E-state index contributed by atoms with van der Waals surface area (Å²) in [4.78, 5) is 10.2. The molecule has 0 radical (unpaired) electrons. The van der Waals surface area contributed by atoms with Gasteiger partial charge in [0.25, 0.3) is 0 Å². The average molecular weight is 115 g/mol. The smallest absolute Gasteiger partial charge is 0.198 e. The zero-order valence-electron chi connectivity index (χ0n) is 4.81. The van der Waals surface area contributed by atoms with Crippen molar-refractivity contribution in [3.8, 4) is 0 Å². The molecule has 0 aromatic rings. The minimum atomic E-state index is -0.285. The van der Waals surface area contributed by atoms with E-state index in [0.29, 0.717) is 6.61 Å². The summed E-state index contributed by atoms with van der Waals surface area (Å²) in [6.45, 7) is 2.37. The van der Waals surface area contributed by atoms with Crippen LogP contribution in [0.25, 0.3) is 0 Å². The van der Waals surface area contributed by atoms with Gasteiger partial charge >= 0.3 is 0 Å². The molecule has 3 nitrogen and oxygen atoms in total. The van der Waals surface area contributed by atoms with E-state index in [2.05, 4.69) is 4.74 Å². The number of carbonyl (C=O) groups excluding carboxylic acids is 1. The Labute approximate surface area is 48.2 Å². The van der Waals surface area contributed by atoms with E-state index >= 15 is 0 Å². The van der Waals surface area contributed by atoms with Gasteiger partial charge in [-0.3, -0.25) is 4.79 Å². The molecule has 46 valence electrons. The van der Waals surface area contributed by atoms with Gasteiger partial charge in [-0.25, -0.2) is 0 Å². The van der Waals surface area contributed by atoms with E-state index in [-0.39, 0.29) is 12.4 Å². The van der Waals surface area contributed by atoms with Crippen molar-refractivity contribution < 1.29 is 9.53 Å². The van der Waals surface area contributed by atoms with Crippen molar-refractivity contribution in [3.05, 3.63) is 0 Å². The molecular weight excluding hydrogens is 106 g/mol. The van der Waals surface area contributed by atoms with Crippen molar-refractivity contribution in [1.82, 2.24) is 0 Å². The van der Waals surface area contributed by atoms with E-state index < -0.39 is 0 Å². The zero-order chi connectivity index (χ0) is 6.41. The number of hydrogen-bond acceptors (Lipinski definition) is 3. The molecule has 0 atom stereocenters. The van der Waals surface area contributed by atoms with Gasteiger partial charge in [0.05, 0.1) is 6.21 Å². The molecule has 0 aliphatic heterocycles. The van der Waals surface area contributed by atoms with Gasteiger partial charge < -0.3 is 10.1 Å². The molecule has 0 aromatic heterocycles. The Morgan fingerprint density at radius 2 is 2.50 bits per heavy atom. The summed E-state index contributed by atoms with van der Waals surface area (Å²) < 4.78 is 4.69. The Balaban J connectivity index is 3.11. The lowest BCUT2D eigenvalue weighted by Crippen LogP contribution is -2.08. The minimum absolute atomic E-state index is 0.0417. The topological polar surface area (TPSA) is 50.2 Å². The van der Waals surface area contributed by atoms with Crippen LogP contribution in [0.3, 0.4) is 0 Å². The highest BCUT2D eigenvalue weighted by atomic mass is 16.5. The van der Waals surface area contributed by atoms with Gasteiger partial charge in [-0.05, 0) is 6.92 Å². The predicted molar refractivity (Wildman–Crippen MR) is 30.3 cm³/mol. The van der Waals surface area contributed by atoms with Gasteiger partial charge in [-0.1, -0.05) is 0 Å². The fraction of sp³-hybridized carbons (Fsp3) is 0.600. The van der Waals surface area contributed by atoms with Crippen molar-refractivity contribution in [2.24, 2.45) is 0 Å². The lowest BCUT2D eigenvalue weighted by Gasteiger charge is -1.91. The predicted octanol–water partition coefficient (Wildman–Crippen LogP) is 0.242. The number of ether oxygens (including phenoxy) is 1. The fourth-order valence-electron chi connectivity index (χ4n) is 0.244. The van der Waals surface area contributed by atoms with Crippen LogP contribution in [-0.4, -0.2) is 25.2 Å². The summed E-state index contributed by atoms with van der Waals surface area (Å²) in [6.07, 6.45) is 0.760. The Bertz CT molecular complexity index is 90.4. The maximum atomic E-state index is 10.2. The molecule has 0 fully saturated rings. The second kappa shape index (κ2) is 4.46. The first-order valence-corrected chi connectivity index (χ1v) is 2.42. The van der Waals surface area contributed by atoms with Gasteiger partial charge in [-0.15, -0.1) is 0 Å². The molecule has 0 bridgehead atoms. The van der Waals surface area contributed by atoms with Crippen molar-refractivity contribution in [2.75, 3.05) is 13.2 Å². The first kappa shape index (κ1) is 7.30. The van der Waals surface area contributed by atoms with Gasteiger partial charge in [-0.2, -0.15) is 0 Å². The summed E-state index contributed by atoms with van der Waals surface area (Å²) in [7, 11) is 0. The molecule has 0 aliphatic carbocycles. The number of ketones is 1. The molecule has 0 amide bonds. The van der Waals surface area contributed by atoms with Gasteiger partial charge in [0.15, 0.2) is 5.78 Å². The van der Waals surface area contributed by atoms with Crippen LogP contribution in [0.2, 0.25) is 0 Å². The van der Waals surface area contributed by atoms with Crippen LogP contribution in [0.4, 0.5) is 0 Å². The highest BCUT2D eigenvalue weighted by Gasteiger charge is 1.91. The van der Waals surface area contributed by atoms with Crippen LogP contribution in [-0.2, 0) is 9.53 Å². The quantitative estimate of drug-likeness (QED) is 0.533. The summed E-state index contributed by atoms with van der Waals surface area (Å²) in [6, 6.07) is 0. The standard InChI is InChI=1S/C5H9NO2/c1-2-8-4-5(7)3-6/h3,6H,2,4H2,1H3. The molecule has 0 rings (SSSR count). The third-order valence-corrected chi connectivity index (χ3v) is 0.609. The van der Waals surface area contributed by atoms with Crippen LogP contribution >= 0.6 is 0 Å². The van der Waals surface area contributed by atoms with Crippen molar-refractivity contribution in [2.45, 2.75) is 6.92 Å². The van der Waals surface area contributed by atoms with Crippen LogP contribution in [0.15, 0.2) is 0 Å². The van der Waals surface area contributed by atoms with Crippen molar-refractivity contribution >= 4 is 12.0 Å². The van der Waals surface area contributed by atoms with Gasteiger partial charge in [0.2, 0.25) is 0 Å². The Hall–Kier alpha value is -0.700. The molecule has 0 spiro atoms. The van der Waals surface area contributed by atoms with Crippen molar-refractivity contribution in [3.63, 3.8) is 0 Å². The fourth-order valence-corrected chi connectivity index (χ4v) is 0.244. The van der Waals surface area contributed by atoms with Crippen LogP contribution < -0.4 is 0 Å². The van der Waals surface area contributed by atoms with Crippen molar-refractivity contribution in [1.29, 1.82) is 5.41 Å². The van der Waals surface area contributed by atoms with Gasteiger partial charge in [0.1, 0.15) is 6.61 Å². The highest BCUT2D eigenvalue weighted by molar-refractivity contribution is 6.26. The molecule has 3 heteroatoms. The molecule has 0 saturated heterocycles. The third-order valence-electron chi connectivity index (χ3n) is 0.609. The Morgan fingerprint density at radius 1 is 1.88 bits per heavy atom. The Morgan fingerprint density at radius 3 is 2.88 bits per heavy atom. The zero-order valence-corrected chi connectivity index (χ0v) is 4.81. The highest BCUT2D eigenvalue weighted by Crippen LogP contribution is 1.71. The summed E-state index contributed by atoms with van der Waals surface area (Å²) in [5.74, 6) is -0.285. The molecule has 0 aromatic carbocycles. The average Bonchev–Trinajstić information content (AvgIpc) is 1.83. The number of rotatable bonds is 4. The summed E-state index contributed by atoms with van der Waals surface area (Å²) in [5.41, 5.74) is 0. The minimum Gasteiger partial charge on any atom is -0.374 e. The second-order valence-electron chi connectivity index (χ2n) is 1.25. The molecule has 0 unspecified atom stereocenters. The summed E-state index contributed by atoms with van der Waals surface area (Å²) in [5, 5.41) is 6.43. The second-order valence-corrected chi connectivity index (χ2v) is 1.25. The number of nitrogens with one attached hydrogen (secondary N) is 1. The maximum Gasteiger partial charge on any atom is 0.198 e. The SMILES string of the molecule is CCOCC(=O)C=N. The maximum absolute atomic E-state index is 10.2. The van der Waals surface area contributed by atoms with E-state index in [4.69, 9.17) is 5.41 Å². The normalized spacial score (nSPS) is 8.62. The van der Waals surface area contributed by atoms with E-state index in [1.807, 2.05) is 0 Å². The van der Waals surface area contributed by atoms with Crippen LogP contribution in [0.5, 0.6) is 0 Å². The molecule has 0 saturated carbocycles. The summed E-state index contributed by atoms with van der Waals surface area (Å²) >= 11 is 0. The largest absolute Gasteiger partial charge is 0.374 e. The van der Waals surface area contributed by atoms with E-state index in [9.17, 15) is 4.79 Å². The number of carbonyl (C=O) groups is 1. The first-order valence-electron chi connectivity index (χ1n) is 2.42. The monoisotopic (exact) mass is 115 g/mol. The number of hydrogen-bond donors (Lipinski definition) is 1. The molecule has 0 aliphatic rings. The Kier molecular flexibility index (Phi) is 4.07. The lowest BCUT2D eigenvalue weighted by atomic mass is 10.5. The van der Waals surface area contributed by atoms with E-state index in [1.165, 1.54) is 0 Å². The first-order chi connectivity index (χ1) is 3.81. The molecule has 0 heterocycles. The van der Waals surface area contributed by atoms with Gasteiger partial charge in [0, 0.05) is 6.61 Å². The molecule has 1 N–H and O–H groups in total. The third kappa shape index (κ3) is 3.49.